The van der Waals surface area contributed by atoms with Crippen molar-refractivity contribution in [1.82, 2.24) is 0 Å². The molecule has 1 atom stereocenters. The number of aryl methyl sites for hydroxylation is 1. The minimum absolute atomic E-state index is 0.157. The predicted molar refractivity (Wildman–Crippen MR) is 65.8 cm³/mol. The number of hydrogen-bond donors (Lipinski definition) is 1. The molecule has 0 heterocycles. The molecule has 0 bridgehead atoms. The highest BCUT2D eigenvalue weighted by atomic mass is 32.2. The Bertz CT molecular complexity index is 488. The molecule has 0 aliphatic rings. The molecule has 4 nitrogen and oxygen atoms in total. The molecule has 0 aliphatic carbocycles. The van der Waals surface area contributed by atoms with E-state index in [2.05, 4.69) is 0 Å². The molecule has 0 amide bonds. The minimum Gasteiger partial charge on any atom is -0.395 e. The molecule has 0 saturated carbocycles. The highest BCUT2D eigenvalue weighted by molar-refractivity contribution is 7.92. The third-order valence-corrected chi connectivity index (χ3v) is 4.67. The van der Waals surface area contributed by atoms with E-state index in [1.165, 1.54) is 6.92 Å². The largest absolute Gasteiger partial charge is 0.395 e. The number of Topliss-reactive ketones (excluding diaryl/α,β-unsaturated/α-hetero) is 1. The summed E-state index contributed by atoms with van der Waals surface area (Å²) in [6.45, 7) is 2.66. The SMILES string of the molecule is CCS(=O)(=O)[C@@H](CO)C(=O)c1ccc(C)cc1. The van der Waals surface area contributed by atoms with Gasteiger partial charge in [0.2, 0.25) is 0 Å². The van der Waals surface area contributed by atoms with Crippen LogP contribution in [0.2, 0.25) is 0 Å². The third-order valence-electron chi connectivity index (χ3n) is 2.63. The standard InChI is InChI=1S/C12H16O4S/c1-3-17(15,16)11(8-13)12(14)10-6-4-9(2)5-7-10/h4-7,11,13H,3,8H2,1-2H3/t11-/m0/s1. The smallest absolute Gasteiger partial charge is 0.183 e. The van der Waals surface area contributed by atoms with Gasteiger partial charge in [-0.1, -0.05) is 36.8 Å². The average molecular weight is 256 g/mol. The van der Waals surface area contributed by atoms with Crippen molar-refractivity contribution < 1.29 is 18.3 Å². The van der Waals surface area contributed by atoms with Gasteiger partial charge >= 0.3 is 0 Å². The molecule has 94 valence electrons. The zero-order chi connectivity index (χ0) is 13.1. The molecular weight excluding hydrogens is 240 g/mol. The minimum atomic E-state index is -3.57. The molecule has 1 rings (SSSR count). The summed E-state index contributed by atoms with van der Waals surface area (Å²) in [5, 5.41) is 7.73. The highest BCUT2D eigenvalue weighted by Crippen LogP contribution is 2.12. The van der Waals surface area contributed by atoms with E-state index in [1.54, 1.807) is 24.3 Å². The lowest BCUT2D eigenvalue weighted by Crippen LogP contribution is -2.35. The molecule has 0 aromatic heterocycles. The number of aliphatic hydroxyl groups excluding tert-OH is 1. The van der Waals surface area contributed by atoms with Crippen molar-refractivity contribution in [3.8, 4) is 0 Å². The number of rotatable bonds is 5. The second kappa shape index (κ2) is 5.42. The maximum absolute atomic E-state index is 12.0. The molecule has 1 aromatic rings. The van der Waals surface area contributed by atoms with Gasteiger partial charge in [0.25, 0.3) is 0 Å². The first kappa shape index (κ1) is 13.9. The van der Waals surface area contributed by atoms with Gasteiger partial charge in [-0.05, 0) is 6.92 Å². The second-order valence-corrected chi connectivity index (χ2v) is 6.33. The number of sulfone groups is 1. The first-order valence-corrected chi connectivity index (χ1v) is 7.07. The van der Waals surface area contributed by atoms with Crippen LogP contribution in [0.1, 0.15) is 22.8 Å². The van der Waals surface area contributed by atoms with Gasteiger partial charge in [0.05, 0.1) is 6.61 Å². The van der Waals surface area contributed by atoms with E-state index in [9.17, 15) is 13.2 Å². The molecule has 5 heteroatoms. The normalized spacial score (nSPS) is 13.4. The fourth-order valence-corrected chi connectivity index (χ4v) is 2.56. The van der Waals surface area contributed by atoms with E-state index in [-0.39, 0.29) is 5.75 Å². The van der Waals surface area contributed by atoms with Crippen LogP contribution in [0, 0.1) is 6.92 Å². The number of carbonyl (C=O) groups is 1. The Morgan fingerprint density at radius 2 is 1.82 bits per heavy atom. The fourth-order valence-electron chi connectivity index (χ4n) is 1.46. The molecule has 0 unspecified atom stereocenters. The summed E-state index contributed by atoms with van der Waals surface area (Å²) in [6.07, 6.45) is 0. The summed E-state index contributed by atoms with van der Waals surface area (Å²) in [7, 11) is -3.57. The summed E-state index contributed by atoms with van der Waals surface area (Å²) in [4.78, 5) is 12.0. The number of aliphatic hydroxyl groups is 1. The van der Waals surface area contributed by atoms with Gasteiger partial charge in [0, 0.05) is 11.3 Å². The van der Waals surface area contributed by atoms with Gasteiger partial charge in [-0.2, -0.15) is 0 Å². The summed E-state index contributed by atoms with van der Waals surface area (Å²) < 4.78 is 23.3. The van der Waals surface area contributed by atoms with Gasteiger partial charge in [-0.3, -0.25) is 4.79 Å². The molecule has 0 fully saturated rings. The lowest BCUT2D eigenvalue weighted by atomic mass is 10.1. The van der Waals surface area contributed by atoms with Crippen molar-refractivity contribution in [3.63, 3.8) is 0 Å². The van der Waals surface area contributed by atoms with Crippen molar-refractivity contribution in [1.29, 1.82) is 0 Å². The quantitative estimate of drug-likeness (QED) is 0.797. The Balaban J connectivity index is 3.07. The summed E-state index contributed by atoms with van der Waals surface area (Å²) >= 11 is 0. The molecule has 0 aliphatic heterocycles. The van der Waals surface area contributed by atoms with Crippen LogP contribution in [0.3, 0.4) is 0 Å². The Kier molecular flexibility index (Phi) is 4.42. The first-order chi connectivity index (χ1) is 7.92. The molecular formula is C12H16O4S. The summed E-state index contributed by atoms with van der Waals surface area (Å²) in [5.74, 6) is -0.704. The van der Waals surface area contributed by atoms with E-state index in [0.29, 0.717) is 5.56 Å². The lowest BCUT2D eigenvalue weighted by Gasteiger charge is -2.12. The zero-order valence-corrected chi connectivity index (χ0v) is 10.7. The molecule has 1 N–H and O–H groups in total. The second-order valence-electron chi connectivity index (χ2n) is 3.85. The van der Waals surface area contributed by atoms with Gasteiger partial charge in [-0.15, -0.1) is 0 Å². The number of ketones is 1. The van der Waals surface area contributed by atoms with Crippen LogP contribution in [0.4, 0.5) is 0 Å². The molecule has 0 spiro atoms. The maximum Gasteiger partial charge on any atom is 0.183 e. The van der Waals surface area contributed by atoms with Crippen molar-refractivity contribution in [2.45, 2.75) is 19.1 Å². The summed E-state index contributed by atoms with van der Waals surface area (Å²) in [5.41, 5.74) is 1.30. The van der Waals surface area contributed by atoms with E-state index in [4.69, 9.17) is 5.11 Å². The number of benzene rings is 1. The topological polar surface area (TPSA) is 71.4 Å². The van der Waals surface area contributed by atoms with Gasteiger partial charge in [-0.25, -0.2) is 8.42 Å². The van der Waals surface area contributed by atoms with Gasteiger partial charge in [0.1, 0.15) is 5.25 Å². The highest BCUT2D eigenvalue weighted by Gasteiger charge is 2.30. The van der Waals surface area contributed by atoms with Crippen LogP contribution in [0.15, 0.2) is 24.3 Å². The van der Waals surface area contributed by atoms with Crippen LogP contribution in [0.25, 0.3) is 0 Å². The first-order valence-electron chi connectivity index (χ1n) is 5.35. The van der Waals surface area contributed by atoms with Crippen molar-refractivity contribution in [2.24, 2.45) is 0 Å². The van der Waals surface area contributed by atoms with Gasteiger partial charge in [0.15, 0.2) is 15.6 Å². The Labute approximate surface area is 101 Å². The van der Waals surface area contributed by atoms with Crippen molar-refractivity contribution in [3.05, 3.63) is 35.4 Å². The van der Waals surface area contributed by atoms with Crippen LogP contribution in [0.5, 0.6) is 0 Å². The maximum atomic E-state index is 12.0. The zero-order valence-electron chi connectivity index (χ0n) is 9.88. The van der Waals surface area contributed by atoms with Crippen LogP contribution in [-0.2, 0) is 9.84 Å². The molecule has 1 aromatic carbocycles. The van der Waals surface area contributed by atoms with Crippen LogP contribution < -0.4 is 0 Å². The fraction of sp³-hybridized carbons (Fsp3) is 0.417. The summed E-state index contributed by atoms with van der Waals surface area (Å²) in [6, 6.07) is 6.62. The number of hydrogen-bond acceptors (Lipinski definition) is 4. The van der Waals surface area contributed by atoms with E-state index < -0.39 is 27.5 Å². The monoisotopic (exact) mass is 256 g/mol. The van der Waals surface area contributed by atoms with E-state index >= 15 is 0 Å². The van der Waals surface area contributed by atoms with Crippen LogP contribution in [-0.4, -0.2) is 36.9 Å². The third kappa shape index (κ3) is 3.14. The van der Waals surface area contributed by atoms with Crippen molar-refractivity contribution in [2.75, 3.05) is 12.4 Å². The average Bonchev–Trinajstić information content (AvgIpc) is 2.30. The molecule has 0 radical (unpaired) electrons. The Morgan fingerprint density at radius 3 is 2.24 bits per heavy atom. The Morgan fingerprint density at radius 1 is 1.29 bits per heavy atom. The van der Waals surface area contributed by atoms with Crippen molar-refractivity contribution >= 4 is 15.6 Å². The number of carbonyl (C=O) groups excluding carboxylic acids is 1. The van der Waals surface area contributed by atoms with E-state index in [1.807, 2.05) is 6.92 Å². The molecule has 0 saturated heterocycles. The lowest BCUT2D eigenvalue weighted by molar-refractivity contribution is 0.0961. The van der Waals surface area contributed by atoms with E-state index in [0.717, 1.165) is 5.56 Å². The molecule has 17 heavy (non-hydrogen) atoms. The van der Waals surface area contributed by atoms with Gasteiger partial charge < -0.3 is 5.11 Å². The predicted octanol–water partition coefficient (Wildman–Crippen LogP) is 0.973. The Hall–Kier alpha value is -1.20. The van der Waals surface area contributed by atoms with Crippen LogP contribution >= 0.6 is 0 Å².